The molecule has 0 fully saturated rings. The third-order valence-corrected chi connectivity index (χ3v) is 3.45. The number of amides is 1. The molecule has 0 unspecified atom stereocenters. The zero-order valence-corrected chi connectivity index (χ0v) is 11.5. The molecule has 5 nitrogen and oxygen atoms in total. The Hall–Kier alpha value is -1.97. The van der Waals surface area contributed by atoms with Crippen LogP contribution in [0.15, 0.2) is 18.2 Å². The highest BCUT2D eigenvalue weighted by molar-refractivity contribution is 7.08. The molecule has 0 bridgehead atoms. The molecule has 0 saturated carbocycles. The number of carbonyl (C=O) groups is 1. The van der Waals surface area contributed by atoms with Gasteiger partial charge in [-0.15, -0.1) is 5.10 Å². The third kappa shape index (κ3) is 2.89. The fraction of sp³-hybridized carbons (Fsp3) is 0.167. The number of nitrogens with zero attached hydrogens (tertiary/aromatic N) is 3. The van der Waals surface area contributed by atoms with Crippen molar-refractivity contribution in [3.8, 4) is 6.07 Å². The average molecular weight is 293 g/mol. The topological polar surface area (TPSA) is 78.7 Å². The van der Waals surface area contributed by atoms with Crippen molar-refractivity contribution in [1.29, 1.82) is 5.26 Å². The molecular formula is C12H9ClN4OS. The summed E-state index contributed by atoms with van der Waals surface area (Å²) in [4.78, 5) is 12.6. The summed E-state index contributed by atoms with van der Waals surface area (Å²) < 4.78 is 3.76. The fourth-order valence-electron chi connectivity index (χ4n) is 1.51. The molecule has 0 aliphatic heterocycles. The van der Waals surface area contributed by atoms with Gasteiger partial charge in [0.2, 0.25) is 0 Å². The molecule has 7 heteroatoms. The van der Waals surface area contributed by atoms with Gasteiger partial charge in [-0.1, -0.05) is 23.0 Å². The van der Waals surface area contributed by atoms with Gasteiger partial charge in [0.05, 0.1) is 16.9 Å². The molecule has 0 spiro atoms. The van der Waals surface area contributed by atoms with Crippen LogP contribution >= 0.6 is 23.1 Å². The summed E-state index contributed by atoms with van der Waals surface area (Å²) >= 11 is 6.89. The highest BCUT2D eigenvalue weighted by Gasteiger charge is 2.16. The van der Waals surface area contributed by atoms with Gasteiger partial charge in [0, 0.05) is 5.02 Å². The van der Waals surface area contributed by atoms with Gasteiger partial charge in [-0.05, 0) is 36.2 Å². The molecule has 1 aromatic heterocycles. The summed E-state index contributed by atoms with van der Waals surface area (Å²) in [5.41, 5.74) is 1.38. The molecule has 96 valence electrons. The van der Waals surface area contributed by atoms with E-state index < -0.39 is 0 Å². The van der Waals surface area contributed by atoms with Crippen molar-refractivity contribution in [2.45, 2.75) is 13.3 Å². The Labute approximate surface area is 119 Å². The van der Waals surface area contributed by atoms with Gasteiger partial charge < -0.3 is 5.32 Å². The largest absolute Gasteiger partial charge is 0.320 e. The SMILES string of the molecule is CCc1nnsc1C(=O)Nc1cc(Cl)ccc1C#N. The van der Waals surface area contributed by atoms with E-state index in [0.717, 1.165) is 11.5 Å². The Kier molecular flexibility index (Phi) is 4.10. The molecule has 0 atom stereocenters. The molecule has 1 N–H and O–H groups in total. The van der Waals surface area contributed by atoms with Crippen molar-refractivity contribution in [3.63, 3.8) is 0 Å². The van der Waals surface area contributed by atoms with Gasteiger partial charge in [-0.3, -0.25) is 4.79 Å². The first kappa shape index (κ1) is 13.5. The maximum atomic E-state index is 12.1. The number of halogens is 1. The molecule has 0 aliphatic rings. The van der Waals surface area contributed by atoms with E-state index in [0.29, 0.717) is 33.3 Å². The molecule has 2 rings (SSSR count). The van der Waals surface area contributed by atoms with Crippen LogP contribution in [0.5, 0.6) is 0 Å². The predicted molar refractivity (Wildman–Crippen MR) is 73.4 cm³/mol. The highest BCUT2D eigenvalue weighted by Crippen LogP contribution is 2.22. The standard InChI is InChI=1S/C12H9ClN4OS/c1-2-9-11(19-17-16-9)12(18)15-10-5-8(13)4-3-7(10)6-14/h3-5H,2H2,1H3,(H,15,18). The smallest absolute Gasteiger partial charge is 0.269 e. The molecular weight excluding hydrogens is 284 g/mol. The van der Waals surface area contributed by atoms with Crippen molar-refractivity contribution in [2.24, 2.45) is 0 Å². The minimum absolute atomic E-state index is 0.328. The normalized spacial score (nSPS) is 9.95. The van der Waals surface area contributed by atoms with E-state index in [4.69, 9.17) is 16.9 Å². The quantitative estimate of drug-likeness (QED) is 0.943. The molecule has 19 heavy (non-hydrogen) atoms. The molecule has 0 aliphatic carbocycles. The van der Waals surface area contributed by atoms with E-state index in [1.165, 1.54) is 6.07 Å². The van der Waals surface area contributed by atoms with Crippen molar-refractivity contribution in [1.82, 2.24) is 9.59 Å². The predicted octanol–water partition coefficient (Wildman–Crippen LogP) is 2.88. The molecule has 0 radical (unpaired) electrons. The number of rotatable bonds is 3. The lowest BCUT2D eigenvalue weighted by molar-refractivity contribution is 0.102. The van der Waals surface area contributed by atoms with E-state index in [2.05, 4.69) is 14.9 Å². The van der Waals surface area contributed by atoms with Gasteiger partial charge in [0.1, 0.15) is 10.9 Å². The summed E-state index contributed by atoms with van der Waals surface area (Å²) in [7, 11) is 0. The number of nitriles is 1. The first-order chi connectivity index (χ1) is 9.15. The van der Waals surface area contributed by atoms with Crippen molar-refractivity contribution in [2.75, 3.05) is 5.32 Å². The van der Waals surface area contributed by atoms with Crippen molar-refractivity contribution in [3.05, 3.63) is 39.4 Å². The summed E-state index contributed by atoms with van der Waals surface area (Å²) in [5.74, 6) is -0.328. The second-order valence-electron chi connectivity index (χ2n) is 3.66. The van der Waals surface area contributed by atoms with Crippen LogP contribution in [0.1, 0.15) is 27.9 Å². The Morgan fingerprint density at radius 3 is 3.05 bits per heavy atom. The Balaban J connectivity index is 2.29. The number of carbonyl (C=O) groups excluding carboxylic acids is 1. The zero-order chi connectivity index (χ0) is 13.8. The van der Waals surface area contributed by atoms with Crippen LogP contribution in [0.3, 0.4) is 0 Å². The van der Waals surface area contributed by atoms with E-state index >= 15 is 0 Å². The number of hydrogen-bond donors (Lipinski definition) is 1. The minimum atomic E-state index is -0.328. The van der Waals surface area contributed by atoms with E-state index in [9.17, 15) is 4.79 Å². The molecule has 0 saturated heterocycles. The number of anilines is 1. The maximum Gasteiger partial charge on any atom is 0.269 e. The number of aryl methyl sites for hydroxylation is 1. The average Bonchev–Trinajstić information content (AvgIpc) is 2.87. The fourth-order valence-corrected chi connectivity index (χ4v) is 2.33. The van der Waals surface area contributed by atoms with Gasteiger partial charge in [0.25, 0.3) is 5.91 Å². The molecule has 1 heterocycles. The number of nitrogens with one attached hydrogen (secondary N) is 1. The van der Waals surface area contributed by atoms with Crippen LogP contribution in [0.4, 0.5) is 5.69 Å². The second-order valence-corrected chi connectivity index (χ2v) is 4.85. The van der Waals surface area contributed by atoms with Gasteiger partial charge in [-0.2, -0.15) is 5.26 Å². The second kappa shape index (κ2) is 5.78. The number of benzene rings is 1. The number of aromatic nitrogens is 2. The van der Waals surface area contributed by atoms with E-state index in [1.54, 1.807) is 12.1 Å². The lowest BCUT2D eigenvalue weighted by Crippen LogP contribution is -2.13. The van der Waals surface area contributed by atoms with Crippen LogP contribution in [-0.2, 0) is 6.42 Å². The zero-order valence-electron chi connectivity index (χ0n) is 9.98. The maximum absolute atomic E-state index is 12.1. The Morgan fingerprint density at radius 2 is 2.37 bits per heavy atom. The van der Waals surface area contributed by atoms with E-state index in [1.807, 2.05) is 13.0 Å². The van der Waals surface area contributed by atoms with Crippen molar-refractivity contribution >= 4 is 34.7 Å². The Morgan fingerprint density at radius 1 is 1.58 bits per heavy atom. The summed E-state index contributed by atoms with van der Waals surface area (Å²) in [6.07, 6.45) is 0.625. The lowest BCUT2D eigenvalue weighted by atomic mass is 10.2. The van der Waals surface area contributed by atoms with Crippen LogP contribution < -0.4 is 5.32 Å². The van der Waals surface area contributed by atoms with Crippen LogP contribution in [0, 0.1) is 11.3 Å². The van der Waals surface area contributed by atoms with Gasteiger partial charge >= 0.3 is 0 Å². The highest BCUT2D eigenvalue weighted by atomic mass is 35.5. The number of hydrogen-bond acceptors (Lipinski definition) is 5. The first-order valence-corrected chi connectivity index (χ1v) is 6.63. The monoisotopic (exact) mass is 292 g/mol. The lowest BCUT2D eigenvalue weighted by Gasteiger charge is -2.06. The van der Waals surface area contributed by atoms with Gasteiger partial charge in [0.15, 0.2) is 0 Å². The summed E-state index contributed by atoms with van der Waals surface area (Å²) in [6.45, 7) is 1.90. The van der Waals surface area contributed by atoms with Crippen LogP contribution in [0.25, 0.3) is 0 Å². The first-order valence-electron chi connectivity index (χ1n) is 5.48. The summed E-state index contributed by atoms with van der Waals surface area (Å²) in [5, 5.41) is 16.0. The Bertz CT molecular complexity index is 662. The molecule has 1 amide bonds. The summed E-state index contributed by atoms with van der Waals surface area (Å²) in [6, 6.07) is 6.70. The molecule has 2 aromatic rings. The van der Waals surface area contributed by atoms with Gasteiger partial charge in [-0.25, -0.2) is 0 Å². The third-order valence-electron chi connectivity index (χ3n) is 2.45. The van der Waals surface area contributed by atoms with Crippen LogP contribution in [-0.4, -0.2) is 15.5 Å². The van der Waals surface area contributed by atoms with E-state index in [-0.39, 0.29) is 5.91 Å². The minimum Gasteiger partial charge on any atom is -0.320 e. The van der Waals surface area contributed by atoms with Crippen LogP contribution in [0.2, 0.25) is 5.02 Å². The van der Waals surface area contributed by atoms with Crippen molar-refractivity contribution < 1.29 is 4.79 Å². The molecule has 1 aromatic carbocycles.